The minimum Gasteiger partial charge on any atom is -0.477 e. The van der Waals surface area contributed by atoms with E-state index < -0.39 is 5.60 Å². The Balaban J connectivity index is 0.000000829. The van der Waals surface area contributed by atoms with Gasteiger partial charge in [0, 0.05) is 20.5 Å². The number of rotatable bonds is 1. The predicted molar refractivity (Wildman–Crippen MR) is 85.3 cm³/mol. The summed E-state index contributed by atoms with van der Waals surface area (Å²) in [6, 6.07) is 6.03. The molecular formula is C17H29NO2. The van der Waals surface area contributed by atoms with E-state index in [9.17, 15) is 4.79 Å². The molecule has 1 aliphatic rings. The molecule has 1 aliphatic heterocycles. The van der Waals surface area contributed by atoms with Crippen molar-refractivity contribution < 1.29 is 9.53 Å². The molecule has 1 unspecified atom stereocenters. The Morgan fingerprint density at radius 3 is 2.25 bits per heavy atom. The van der Waals surface area contributed by atoms with E-state index >= 15 is 0 Å². The van der Waals surface area contributed by atoms with Gasteiger partial charge in [0.2, 0.25) is 0 Å². The first kappa shape index (κ1) is 18.5. The van der Waals surface area contributed by atoms with Gasteiger partial charge in [0.05, 0.1) is 0 Å². The van der Waals surface area contributed by atoms with Gasteiger partial charge in [-0.3, -0.25) is 4.79 Å². The molecule has 1 aromatic carbocycles. The summed E-state index contributed by atoms with van der Waals surface area (Å²) in [4.78, 5) is 13.6. The number of hydrogen-bond acceptors (Lipinski definition) is 2. The van der Waals surface area contributed by atoms with E-state index in [2.05, 4.69) is 6.07 Å². The molecule has 0 bridgehead atoms. The summed E-state index contributed by atoms with van der Waals surface area (Å²) in [5.41, 5.74) is 1.58. The fraction of sp³-hybridized carbons (Fsp3) is 0.588. The van der Waals surface area contributed by atoms with E-state index in [1.54, 1.807) is 19.0 Å². The maximum absolute atomic E-state index is 12.0. The Hall–Kier alpha value is -1.51. The zero-order valence-corrected chi connectivity index (χ0v) is 14.2. The first-order chi connectivity index (χ1) is 9.42. The number of ether oxygens (including phenoxy) is 1. The van der Waals surface area contributed by atoms with Gasteiger partial charge in [-0.1, -0.05) is 45.4 Å². The number of carbonyl (C=O) groups is 1. The molecule has 1 aromatic rings. The van der Waals surface area contributed by atoms with Gasteiger partial charge in [-0.05, 0) is 25.5 Å². The molecule has 0 saturated heterocycles. The Bertz CT molecular complexity index is 441. The molecule has 1 atom stereocenters. The molecule has 0 aliphatic carbocycles. The number of aryl methyl sites for hydroxylation is 1. The molecule has 0 radical (unpaired) electrons. The van der Waals surface area contributed by atoms with E-state index in [1.807, 2.05) is 53.7 Å². The van der Waals surface area contributed by atoms with Crippen molar-refractivity contribution in [1.82, 2.24) is 4.90 Å². The van der Waals surface area contributed by atoms with Crippen LogP contribution in [0.3, 0.4) is 0 Å². The van der Waals surface area contributed by atoms with Crippen molar-refractivity contribution in [2.45, 2.75) is 53.6 Å². The molecule has 0 saturated carbocycles. The second-order valence-electron chi connectivity index (χ2n) is 4.82. The molecule has 0 N–H and O–H groups in total. The topological polar surface area (TPSA) is 29.5 Å². The summed E-state index contributed by atoms with van der Waals surface area (Å²) in [6.45, 7) is 11.9. The van der Waals surface area contributed by atoms with Crippen molar-refractivity contribution in [1.29, 1.82) is 0 Å². The van der Waals surface area contributed by atoms with Crippen molar-refractivity contribution in [2.24, 2.45) is 0 Å². The van der Waals surface area contributed by atoms with Crippen molar-refractivity contribution in [2.75, 3.05) is 14.1 Å². The number of hydrogen-bond donors (Lipinski definition) is 0. The lowest BCUT2D eigenvalue weighted by molar-refractivity contribution is -0.142. The average Bonchev–Trinajstić information content (AvgIpc) is 2.79. The minimum absolute atomic E-state index is 0.0151. The number of benzene rings is 1. The van der Waals surface area contributed by atoms with Crippen molar-refractivity contribution in [3.05, 3.63) is 29.3 Å². The molecule has 3 heteroatoms. The van der Waals surface area contributed by atoms with Gasteiger partial charge < -0.3 is 9.64 Å². The fourth-order valence-corrected chi connectivity index (χ4v) is 2.18. The van der Waals surface area contributed by atoms with Crippen LogP contribution < -0.4 is 4.74 Å². The van der Waals surface area contributed by atoms with Crippen LogP contribution in [0, 0.1) is 6.92 Å². The van der Waals surface area contributed by atoms with Gasteiger partial charge in [-0.25, -0.2) is 0 Å². The molecule has 1 amide bonds. The van der Waals surface area contributed by atoms with Crippen LogP contribution in [0.25, 0.3) is 0 Å². The summed E-state index contributed by atoms with van der Waals surface area (Å²) in [7, 11) is 3.51. The number of nitrogens with zero attached hydrogens (tertiary/aromatic N) is 1. The summed E-state index contributed by atoms with van der Waals surface area (Å²) < 4.78 is 5.78. The van der Waals surface area contributed by atoms with Gasteiger partial charge in [0.1, 0.15) is 5.75 Å². The highest BCUT2D eigenvalue weighted by molar-refractivity contribution is 5.86. The van der Waals surface area contributed by atoms with Crippen molar-refractivity contribution in [3.8, 4) is 5.75 Å². The van der Waals surface area contributed by atoms with Gasteiger partial charge >= 0.3 is 0 Å². The number of carbonyl (C=O) groups excluding carboxylic acids is 1. The van der Waals surface area contributed by atoms with Crippen LogP contribution in [-0.2, 0) is 11.2 Å². The summed E-state index contributed by atoms with van der Waals surface area (Å²) in [6.07, 6.45) is 0.654. The average molecular weight is 279 g/mol. The van der Waals surface area contributed by atoms with E-state index in [-0.39, 0.29) is 5.91 Å². The maximum atomic E-state index is 12.0. The lowest BCUT2D eigenvalue weighted by atomic mass is 9.97. The van der Waals surface area contributed by atoms with Crippen molar-refractivity contribution >= 4 is 5.91 Å². The van der Waals surface area contributed by atoms with Crippen molar-refractivity contribution in [3.63, 3.8) is 0 Å². The quantitative estimate of drug-likeness (QED) is 0.782. The van der Waals surface area contributed by atoms with Crippen LogP contribution in [0.4, 0.5) is 0 Å². The smallest absolute Gasteiger partial charge is 0.266 e. The highest BCUT2D eigenvalue weighted by Gasteiger charge is 2.42. The Morgan fingerprint density at radius 2 is 1.75 bits per heavy atom. The lowest BCUT2D eigenvalue weighted by Crippen LogP contribution is -2.47. The number of likely N-dealkylation sites (N-methyl/N-ethyl adjacent to an activating group) is 1. The van der Waals surface area contributed by atoms with Crippen LogP contribution >= 0.6 is 0 Å². The van der Waals surface area contributed by atoms with E-state index in [1.165, 1.54) is 5.56 Å². The van der Waals surface area contributed by atoms with Crippen LogP contribution in [0.15, 0.2) is 18.2 Å². The molecular weight excluding hydrogens is 250 g/mol. The second-order valence-corrected chi connectivity index (χ2v) is 4.82. The molecule has 1 heterocycles. The summed E-state index contributed by atoms with van der Waals surface area (Å²) >= 11 is 0. The molecule has 0 spiro atoms. The van der Waals surface area contributed by atoms with Gasteiger partial charge in [0.25, 0.3) is 5.91 Å². The van der Waals surface area contributed by atoms with Crippen LogP contribution in [0.1, 0.15) is 45.7 Å². The lowest BCUT2D eigenvalue weighted by Gasteiger charge is -2.26. The number of amides is 1. The van der Waals surface area contributed by atoms with Crippen LogP contribution in [-0.4, -0.2) is 30.5 Å². The van der Waals surface area contributed by atoms with Gasteiger partial charge in [0.15, 0.2) is 5.60 Å². The first-order valence-corrected chi connectivity index (χ1v) is 7.43. The zero-order chi connectivity index (χ0) is 15.9. The standard InChI is InChI=1S/C13H17NO2.2C2H6/c1-9-5-6-11-10(7-9)8-13(2,16-11)12(15)14(3)4;2*1-2/h5-7H,8H2,1-4H3;2*1-2H3. The van der Waals surface area contributed by atoms with E-state index in [0.29, 0.717) is 6.42 Å². The first-order valence-electron chi connectivity index (χ1n) is 7.43. The monoisotopic (exact) mass is 279 g/mol. The normalized spacial score (nSPS) is 18.6. The molecule has 114 valence electrons. The molecule has 0 fully saturated rings. The summed E-state index contributed by atoms with van der Waals surface area (Å²) in [5, 5.41) is 0. The Labute approximate surface area is 123 Å². The highest BCUT2D eigenvalue weighted by atomic mass is 16.5. The zero-order valence-electron chi connectivity index (χ0n) is 14.2. The summed E-state index contributed by atoms with van der Waals surface area (Å²) in [5.74, 6) is 0.852. The highest BCUT2D eigenvalue weighted by Crippen LogP contribution is 2.36. The third-order valence-electron chi connectivity index (χ3n) is 2.94. The van der Waals surface area contributed by atoms with E-state index in [4.69, 9.17) is 4.74 Å². The molecule has 20 heavy (non-hydrogen) atoms. The SMILES string of the molecule is CC.CC.Cc1ccc2c(c1)CC(C)(C(=O)N(C)C)O2. The van der Waals surface area contributed by atoms with Crippen LogP contribution in [0.2, 0.25) is 0 Å². The number of fused-ring (bicyclic) bond motifs is 1. The largest absolute Gasteiger partial charge is 0.477 e. The minimum atomic E-state index is -0.736. The fourth-order valence-electron chi connectivity index (χ4n) is 2.18. The van der Waals surface area contributed by atoms with Gasteiger partial charge in [-0.15, -0.1) is 0 Å². The predicted octanol–water partition coefficient (Wildman–Crippen LogP) is 3.83. The molecule has 2 rings (SSSR count). The molecule has 3 nitrogen and oxygen atoms in total. The van der Waals surface area contributed by atoms with Crippen LogP contribution in [0.5, 0.6) is 5.75 Å². The Kier molecular flexibility index (Phi) is 7.33. The third-order valence-corrected chi connectivity index (χ3v) is 2.94. The Morgan fingerprint density at radius 1 is 1.20 bits per heavy atom. The molecule has 0 aromatic heterocycles. The third kappa shape index (κ3) is 3.99. The van der Waals surface area contributed by atoms with E-state index in [0.717, 1.165) is 11.3 Å². The second kappa shape index (κ2) is 7.93. The van der Waals surface area contributed by atoms with Gasteiger partial charge in [-0.2, -0.15) is 0 Å². The maximum Gasteiger partial charge on any atom is 0.266 e.